The molecule has 0 unspecified atom stereocenters. The third-order valence-electron chi connectivity index (χ3n) is 9.16. The molecule has 0 bridgehead atoms. The molecule has 230 valence electrons. The summed E-state index contributed by atoms with van der Waals surface area (Å²) < 4.78 is 0. The van der Waals surface area contributed by atoms with Gasteiger partial charge in [-0.05, 0) is 18.3 Å². The van der Waals surface area contributed by atoms with Crippen LogP contribution in [0.25, 0.3) is 0 Å². The third kappa shape index (κ3) is 32.2. The maximum Gasteiger partial charge on any atom is -0.0354 e. The number of hydrogen-bond acceptors (Lipinski definition) is 0. The molecule has 0 N–H and O–H groups in total. The lowest BCUT2D eigenvalue weighted by Gasteiger charge is -2.24. The molecule has 0 aliphatic rings. The topological polar surface area (TPSA) is 0 Å². The van der Waals surface area contributed by atoms with Crippen LogP contribution in [0.5, 0.6) is 0 Å². The first-order valence-electron chi connectivity index (χ1n) is 18.6. The van der Waals surface area contributed by atoms with Gasteiger partial charge in [-0.1, -0.05) is 227 Å². The van der Waals surface area contributed by atoms with E-state index in [1.165, 1.54) is 212 Å². The number of hydrogen-bond donors (Lipinski definition) is 0. The summed E-state index contributed by atoms with van der Waals surface area (Å²) in [7, 11) is 0. The van der Waals surface area contributed by atoms with Gasteiger partial charge in [0.1, 0.15) is 0 Å². The highest BCUT2D eigenvalue weighted by Crippen LogP contribution is 2.30. The molecule has 0 saturated carbocycles. The van der Waals surface area contributed by atoms with Crippen molar-refractivity contribution < 1.29 is 0 Å². The lowest BCUT2D eigenvalue weighted by atomic mass is 9.81. The van der Waals surface area contributed by atoms with Crippen molar-refractivity contribution in [3.05, 3.63) is 0 Å². The molecule has 0 aromatic carbocycles. The van der Waals surface area contributed by atoms with E-state index in [-0.39, 0.29) is 0 Å². The van der Waals surface area contributed by atoms with Crippen LogP contribution in [-0.2, 0) is 0 Å². The Morgan fingerprint density at radius 2 is 0.395 bits per heavy atom. The van der Waals surface area contributed by atoms with E-state index in [0.29, 0.717) is 5.41 Å². The zero-order valence-electron chi connectivity index (χ0n) is 27.8. The van der Waals surface area contributed by atoms with Crippen molar-refractivity contribution in [2.75, 3.05) is 0 Å². The molecular weight excluding hydrogens is 456 g/mol. The minimum absolute atomic E-state index is 0.576. The molecule has 0 aliphatic heterocycles. The average Bonchev–Trinajstić information content (AvgIpc) is 2.90. The second-order valence-corrected chi connectivity index (χ2v) is 13.9. The van der Waals surface area contributed by atoms with Crippen LogP contribution in [0.15, 0.2) is 0 Å². The van der Waals surface area contributed by atoms with Crippen molar-refractivity contribution in [2.24, 2.45) is 5.41 Å². The fourth-order valence-electron chi connectivity index (χ4n) is 6.25. The van der Waals surface area contributed by atoms with E-state index in [2.05, 4.69) is 27.7 Å². The molecule has 0 atom stereocenters. The minimum Gasteiger partial charge on any atom is -0.0654 e. The number of unbranched alkanes of at least 4 members (excludes halogenated alkanes) is 29. The SMILES string of the molecule is CCCCCCCCCCCCCCCCCCC(C)(C)CCCCCCCCCCCCCCCCC. The van der Waals surface area contributed by atoms with Crippen LogP contribution in [0.2, 0.25) is 0 Å². The molecule has 0 heteroatoms. The highest BCUT2D eigenvalue weighted by Gasteiger charge is 2.16. The summed E-state index contributed by atoms with van der Waals surface area (Å²) in [6.45, 7) is 9.68. The quantitative estimate of drug-likeness (QED) is 0.0734. The van der Waals surface area contributed by atoms with Crippen molar-refractivity contribution in [3.63, 3.8) is 0 Å². The third-order valence-corrected chi connectivity index (χ3v) is 9.16. The molecule has 0 radical (unpaired) electrons. The molecule has 0 spiro atoms. The van der Waals surface area contributed by atoms with Crippen molar-refractivity contribution >= 4 is 0 Å². The fourth-order valence-corrected chi connectivity index (χ4v) is 6.25. The standard InChI is InChI=1S/C38H78/c1-5-7-9-11-13-15-17-19-21-23-25-27-29-31-33-35-37-38(3,4)36-34-32-30-28-26-24-22-20-18-16-14-12-10-8-6-2/h5-37H2,1-4H3. The Kier molecular flexibility index (Phi) is 31.5. The molecular formula is C38H78. The Morgan fingerprint density at radius 1 is 0.237 bits per heavy atom. The first-order chi connectivity index (χ1) is 18.6. The van der Waals surface area contributed by atoms with Gasteiger partial charge in [-0.25, -0.2) is 0 Å². The molecule has 0 saturated heterocycles. The first kappa shape index (κ1) is 38.0. The van der Waals surface area contributed by atoms with Crippen LogP contribution >= 0.6 is 0 Å². The second-order valence-electron chi connectivity index (χ2n) is 13.9. The molecule has 0 rings (SSSR count). The Balaban J connectivity index is 3.27. The maximum absolute atomic E-state index is 2.53. The summed E-state index contributed by atoms with van der Waals surface area (Å²) in [5.41, 5.74) is 0.576. The highest BCUT2D eigenvalue weighted by molar-refractivity contribution is 4.69. The fraction of sp³-hybridized carbons (Fsp3) is 1.00. The second kappa shape index (κ2) is 31.5. The zero-order chi connectivity index (χ0) is 27.8. The van der Waals surface area contributed by atoms with Crippen LogP contribution < -0.4 is 0 Å². The summed E-state index contributed by atoms with van der Waals surface area (Å²) >= 11 is 0. The van der Waals surface area contributed by atoms with E-state index in [1.54, 1.807) is 0 Å². The van der Waals surface area contributed by atoms with Gasteiger partial charge < -0.3 is 0 Å². The molecule has 0 aromatic rings. The number of rotatable bonds is 33. The van der Waals surface area contributed by atoms with Gasteiger partial charge in [0.15, 0.2) is 0 Å². The maximum atomic E-state index is 2.53. The summed E-state index contributed by atoms with van der Waals surface area (Å²) in [6.07, 6.45) is 48.5. The molecule has 0 heterocycles. The summed E-state index contributed by atoms with van der Waals surface area (Å²) in [6, 6.07) is 0. The van der Waals surface area contributed by atoms with Crippen LogP contribution in [0.1, 0.15) is 240 Å². The van der Waals surface area contributed by atoms with Gasteiger partial charge >= 0.3 is 0 Å². The Bertz CT molecular complexity index is 408. The largest absolute Gasteiger partial charge is 0.0654 e. The molecule has 0 nitrogen and oxygen atoms in total. The molecule has 38 heavy (non-hydrogen) atoms. The van der Waals surface area contributed by atoms with E-state index in [9.17, 15) is 0 Å². The molecule has 0 fully saturated rings. The summed E-state index contributed by atoms with van der Waals surface area (Å²) in [4.78, 5) is 0. The molecule has 0 aliphatic carbocycles. The predicted molar refractivity (Wildman–Crippen MR) is 177 cm³/mol. The highest BCUT2D eigenvalue weighted by atomic mass is 14.2. The van der Waals surface area contributed by atoms with Crippen LogP contribution in [0.4, 0.5) is 0 Å². The first-order valence-corrected chi connectivity index (χ1v) is 18.6. The van der Waals surface area contributed by atoms with E-state index in [0.717, 1.165) is 0 Å². The van der Waals surface area contributed by atoms with Crippen LogP contribution in [-0.4, -0.2) is 0 Å². The van der Waals surface area contributed by atoms with E-state index in [1.807, 2.05) is 0 Å². The lowest BCUT2D eigenvalue weighted by molar-refractivity contribution is 0.282. The van der Waals surface area contributed by atoms with Gasteiger partial charge in [0.05, 0.1) is 0 Å². The molecule has 0 amide bonds. The van der Waals surface area contributed by atoms with E-state index in [4.69, 9.17) is 0 Å². The van der Waals surface area contributed by atoms with E-state index < -0.39 is 0 Å². The van der Waals surface area contributed by atoms with Gasteiger partial charge in [-0.2, -0.15) is 0 Å². The van der Waals surface area contributed by atoms with Gasteiger partial charge in [0, 0.05) is 0 Å². The van der Waals surface area contributed by atoms with Gasteiger partial charge in [-0.15, -0.1) is 0 Å². The average molecular weight is 535 g/mol. The van der Waals surface area contributed by atoms with Crippen molar-refractivity contribution in [1.29, 1.82) is 0 Å². The minimum atomic E-state index is 0.576. The van der Waals surface area contributed by atoms with Crippen molar-refractivity contribution in [3.8, 4) is 0 Å². The normalized spacial score (nSPS) is 12.0. The summed E-state index contributed by atoms with van der Waals surface area (Å²) in [5, 5.41) is 0. The van der Waals surface area contributed by atoms with Crippen LogP contribution in [0, 0.1) is 5.41 Å². The van der Waals surface area contributed by atoms with Gasteiger partial charge in [0.25, 0.3) is 0 Å². The summed E-state index contributed by atoms with van der Waals surface area (Å²) in [5.74, 6) is 0. The monoisotopic (exact) mass is 535 g/mol. The Morgan fingerprint density at radius 3 is 0.579 bits per heavy atom. The van der Waals surface area contributed by atoms with Gasteiger partial charge in [0.2, 0.25) is 0 Å². The van der Waals surface area contributed by atoms with Crippen LogP contribution in [0.3, 0.4) is 0 Å². The lowest BCUT2D eigenvalue weighted by Crippen LogP contribution is -2.11. The van der Waals surface area contributed by atoms with E-state index >= 15 is 0 Å². The predicted octanol–water partition coefficient (Wildman–Crippen LogP) is 14.9. The van der Waals surface area contributed by atoms with Crippen molar-refractivity contribution in [1.82, 2.24) is 0 Å². The smallest absolute Gasteiger partial charge is 0.0354 e. The molecule has 0 aromatic heterocycles. The van der Waals surface area contributed by atoms with Gasteiger partial charge in [-0.3, -0.25) is 0 Å². The van der Waals surface area contributed by atoms with Crippen molar-refractivity contribution in [2.45, 2.75) is 240 Å². The zero-order valence-corrected chi connectivity index (χ0v) is 27.8. The Hall–Kier alpha value is 0. The Labute approximate surface area is 244 Å².